The van der Waals surface area contributed by atoms with E-state index in [1.807, 2.05) is 0 Å². The van der Waals surface area contributed by atoms with Crippen LogP contribution in [0.25, 0.3) is 6.08 Å². The van der Waals surface area contributed by atoms with E-state index in [0.29, 0.717) is 5.56 Å². The van der Waals surface area contributed by atoms with Crippen LogP contribution in [0.15, 0.2) is 54.6 Å². The average Bonchev–Trinajstić information content (AvgIpc) is 2.54. The minimum Gasteiger partial charge on any atom is -0.451 e. The van der Waals surface area contributed by atoms with Gasteiger partial charge in [-0.15, -0.1) is 0 Å². The summed E-state index contributed by atoms with van der Waals surface area (Å²) in [6.07, 6.45) is 1.32. The van der Waals surface area contributed by atoms with Crippen molar-refractivity contribution in [2.45, 2.75) is 13.0 Å². The van der Waals surface area contributed by atoms with E-state index in [4.69, 9.17) is 16.3 Å². The van der Waals surface area contributed by atoms with Gasteiger partial charge in [0.25, 0.3) is 0 Å². The number of esters is 1. The lowest BCUT2D eigenvalue weighted by atomic mass is 10.1. The maximum Gasteiger partial charge on any atom is 0.331 e. The van der Waals surface area contributed by atoms with Crippen molar-refractivity contribution in [3.8, 4) is 0 Å². The molecule has 0 saturated carbocycles. The average molecular weight is 333 g/mol. The summed E-state index contributed by atoms with van der Waals surface area (Å²) < 4.78 is 18.6. The van der Waals surface area contributed by atoms with Crippen LogP contribution in [-0.2, 0) is 9.53 Å². The van der Waals surface area contributed by atoms with E-state index in [1.165, 1.54) is 31.2 Å². The van der Waals surface area contributed by atoms with Gasteiger partial charge in [0.15, 0.2) is 6.10 Å². The number of hydrogen-bond donors (Lipinski definition) is 0. The number of rotatable bonds is 5. The Morgan fingerprint density at radius 3 is 2.48 bits per heavy atom. The van der Waals surface area contributed by atoms with Crippen LogP contribution in [0, 0.1) is 5.82 Å². The smallest absolute Gasteiger partial charge is 0.331 e. The van der Waals surface area contributed by atoms with Crippen molar-refractivity contribution in [1.29, 1.82) is 0 Å². The lowest BCUT2D eigenvalue weighted by Gasteiger charge is -2.10. The third-order valence-electron chi connectivity index (χ3n) is 3.11. The molecule has 0 amide bonds. The third-order valence-corrected chi connectivity index (χ3v) is 3.44. The molecule has 0 N–H and O–H groups in total. The van der Waals surface area contributed by atoms with E-state index >= 15 is 0 Å². The molecule has 2 aromatic rings. The molecule has 0 radical (unpaired) electrons. The SMILES string of the molecule is C[C@H](OC(=O)/C=C/c1c(F)cccc1Cl)C(=O)c1ccccc1. The van der Waals surface area contributed by atoms with Crippen LogP contribution in [0.3, 0.4) is 0 Å². The van der Waals surface area contributed by atoms with Gasteiger partial charge in [-0.25, -0.2) is 9.18 Å². The van der Waals surface area contributed by atoms with Crippen LogP contribution >= 0.6 is 11.6 Å². The molecule has 0 unspecified atom stereocenters. The molecule has 0 aliphatic rings. The van der Waals surface area contributed by atoms with E-state index < -0.39 is 17.9 Å². The van der Waals surface area contributed by atoms with Gasteiger partial charge >= 0.3 is 5.97 Å². The highest BCUT2D eigenvalue weighted by molar-refractivity contribution is 6.32. The van der Waals surface area contributed by atoms with Gasteiger partial charge in [-0.1, -0.05) is 48.0 Å². The topological polar surface area (TPSA) is 43.4 Å². The molecule has 0 saturated heterocycles. The van der Waals surface area contributed by atoms with Crippen LogP contribution in [0.4, 0.5) is 4.39 Å². The Labute approximate surface area is 138 Å². The molecule has 118 valence electrons. The molecule has 0 bridgehead atoms. The van der Waals surface area contributed by atoms with Crippen molar-refractivity contribution >= 4 is 29.4 Å². The second-order valence-electron chi connectivity index (χ2n) is 4.78. The Morgan fingerprint density at radius 1 is 1.13 bits per heavy atom. The predicted molar refractivity (Wildman–Crippen MR) is 86.8 cm³/mol. The molecular weight excluding hydrogens is 319 g/mol. The van der Waals surface area contributed by atoms with Gasteiger partial charge in [-0.2, -0.15) is 0 Å². The highest BCUT2D eigenvalue weighted by atomic mass is 35.5. The van der Waals surface area contributed by atoms with Crippen molar-refractivity contribution in [3.05, 3.63) is 76.6 Å². The summed E-state index contributed by atoms with van der Waals surface area (Å²) in [5.74, 6) is -1.60. The van der Waals surface area contributed by atoms with Crippen molar-refractivity contribution in [2.75, 3.05) is 0 Å². The molecule has 0 aromatic heterocycles. The molecule has 5 heteroatoms. The first-order valence-electron chi connectivity index (χ1n) is 6.91. The van der Waals surface area contributed by atoms with Crippen LogP contribution in [0.2, 0.25) is 5.02 Å². The zero-order chi connectivity index (χ0) is 16.8. The first kappa shape index (κ1) is 16.9. The van der Waals surface area contributed by atoms with Gasteiger partial charge in [-0.05, 0) is 25.1 Å². The highest BCUT2D eigenvalue weighted by Gasteiger charge is 2.18. The lowest BCUT2D eigenvalue weighted by Crippen LogP contribution is -2.23. The molecule has 0 spiro atoms. The van der Waals surface area contributed by atoms with Gasteiger partial charge < -0.3 is 4.74 Å². The zero-order valence-corrected chi connectivity index (χ0v) is 13.1. The first-order chi connectivity index (χ1) is 11.0. The number of hydrogen-bond acceptors (Lipinski definition) is 3. The molecule has 0 heterocycles. The van der Waals surface area contributed by atoms with Gasteiger partial charge in [0.05, 0.1) is 5.02 Å². The lowest BCUT2D eigenvalue weighted by molar-refractivity contribution is -0.140. The summed E-state index contributed by atoms with van der Waals surface area (Å²) >= 11 is 5.85. The first-order valence-corrected chi connectivity index (χ1v) is 7.29. The summed E-state index contributed by atoms with van der Waals surface area (Å²) in [5, 5.41) is 0.183. The fraction of sp³-hybridized carbons (Fsp3) is 0.111. The molecular formula is C18H14ClFO3. The second-order valence-corrected chi connectivity index (χ2v) is 5.19. The van der Waals surface area contributed by atoms with Gasteiger partial charge in [0.1, 0.15) is 5.82 Å². The van der Waals surface area contributed by atoms with E-state index in [-0.39, 0.29) is 16.4 Å². The number of ether oxygens (including phenoxy) is 1. The Balaban J connectivity index is 2.02. The standard InChI is InChI=1S/C18H14ClFO3/c1-12(18(22)13-6-3-2-4-7-13)23-17(21)11-10-14-15(19)8-5-9-16(14)20/h2-12H,1H3/b11-10+/t12-/m0/s1. The van der Waals surface area contributed by atoms with Crippen LogP contribution in [-0.4, -0.2) is 17.9 Å². The number of Topliss-reactive ketones (excluding diaryl/α,β-unsaturated/α-hetero) is 1. The van der Waals surface area contributed by atoms with Gasteiger partial charge in [0, 0.05) is 17.2 Å². The number of halogens is 2. The molecule has 0 aliphatic heterocycles. The number of carbonyl (C=O) groups is 2. The molecule has 23 heavy (non-hydrogen) atoms. The number of carbonyl (C=O) groups excluding carboxylic acids is 2. The molecule has 0 fully saturated rings. The van der Waals surface area contributed by atoms with Crippen LogP contribution in [0.1, 0.15) is 22.8 Å². The molecule has 0 aliphatic carbocycles. The van der Waals surface area contributed by atoms with Gasteiger partial charge in [-0.3, -0.25) is 4.79 Å². The normalized spacial score (nSPS) is 12.1. The Bertz CT molecular complexity index is 721. The largest absolute Gasteiger partial charge is 0.451 e. The van der Waals surface area contributed by atoms with E-state index in [0.717, 1.165) is 6.08 Å². The summed E-state index contributed by atoms with van der Waals surface area (Å²) in [5.41, 5.74) is 0.544. The summed E-state index contributed by atoms with van der Waals surface area (Å²) in [7, 11) is 0. The maximum atomic E-state index is 13.6. The Hall–Kier alpha value is -2.46. The molecule has 3 nitrogen and oxygen atoms in total. The summed E-state index contributed by atoms with van der Waals surface area (Å²) in [6.45, 7) is 1.48. The van der Waals surface area contributed by atoms with Crippen molar-refractivity contribution < 1.29 is 18.7 Å². The van der Waals surface area contributed by atoms with E-state index in [2.05, 4.69) is 0 Å². The van der Waals surface area contributed by atoms with Crippen molar-refractivity contribution in [1.82, 2.24) is 0 Å². The fourth-order valence-electron chi connectivity index (χ4n) is 1.93. The predicted octanol–water partition coefficient (Wildman–Crippen LogP) is 4.31. The number of ketones is 1. The van der Waals surface area contributed by atoms with Crippen molar-refractivity contribution in [2.24, 2.45) is 0 Å². The van der Waals surface area contributed by atoms with E-state index in [9.17, 15) is 14.0 Å². The minimum absolute atomic E-state index is 0.0909. The highest BCUT2D eigenvalue weighted by Crippen LogP contribution is 2.20. The molecule has 1 atom stereocenters. The van der Waals surface area contributed by atoms with Crippen LogP contribution in [0.5, 0.6) is 0 Å². The minimum atomic E-state index is -0.939. The Kier molecular flexibility index (Phi) is 5.66. The zero-order valence-electron chi connectivity index (χ0n) is 12.3. The Morgan fingerprint density at radius 2 is 1.83 bits per heavy atom. The fourth-order valence-corrected chi connectivity index (χ4v) is 2.15. The monoisotopic (exact) mass is 332 g/mol. The maximum absolute atomic E-state index is 13.6. The second kappa shape index (κ2) is 7.70. The summed E-state index contributed by atoms with van der Waals surface area (Å²) in [4.78, 5) is 23.8. The molecule has 2 rings (SSSR count). The quantitative estimate of drug-likeness (QED) is 0.465. The van der Waals surface area contributed by atoms with Gasteiger partial charge in [0.2, 0.25) is 5.78 Å². The summed E-state index contributed by atoms with van der Waals surface area (Å²) in [6, 6.07) is 12.7. The van der Waals surface area contributed by atoms with Crippen LogP contribution < -0.4 is 0 Å². The third kappa shape index (κ3) is 4.50. The molecule has 2 aromatic carbocycles. The van der Waals surface area contributed by atoms with Crippen molar-refractivity contribution in [3.63, 3.8) is 0 Å². The number of benzene rings is 2. The van der Waals surface area contributed by atoms with E-state index in [1.54, 1.807) is 30.3 Å².